The summed E-state index contributed by atoms with van der Waals surface area (Å²) in [5, 5.41) is 2.73. The lowest BCUT2D eigenvalue weighted by atomic mass is 10.2. The first-order valence-electron chi connectivity index (χ1n) is 5.54. The molecular weight excluding hydrogens is 223 g/mol. The maximum Gasteiger partial charge on any atom is 0.243 e. The van der Waals surface area contributed by atoms with Crippen LogP contribution in [0.3, 0.4) is 0 Å². The summed E-state index contributed by atoms with van der Waals surface area (Å²) in [6.07, 6.45) is 0.805. The number of carbonyl (C=O) groups excluding carboxylic acids is 1. The van der Waals surface area contributed by atoms with Crippen LogP contribution < -0.4 is 10.2 Å². The highest BCUT2D eigenvalue weighted by Gasteiger charge is 2.21. The Labute approximate surface area is 99.4 Å². The maximum absolute atomic E-state index is 13.2. The Morgan fingerprint density at radius 1 is 1.53 bits per heavy atom. The molecule has 1 aromatic rings. The van der Waals surface area contributed by atoms with Crippen molar-refractivity contribution >= 4 is 17.3 Å². The Kier molecular flexibility index (Phi) is 3.58. The molecule has 0 saturated carbocycles. The maximum atomic E-state index is 13.2. The number of halogens is 1. The second-order valence-corrected chi connectivity index (χ2v) is 3.98. The lowest BCUT2D eigenvalue weighted by molar-refractivity contribution is -0.115. The third-order valence-corrected chi connectivity index (χ3v) is 2.69. The zero-order valence-electron chi connectivity index (χ0n) is 9.70. The van der Waals surface area contributed by atoms with Gasteiger partial charge in [0.25, 0.3) is 0 Å². The average Bonchev–Trinajstić information content (AvgIpc) is 2.30. The van der Waals surface area contributed by atoms with Gasteiger partial charge >= 0.3 is 0 Å². The van der Waals surface area contributed by atoms with Crippen molar-refractivity contribution in [2.24, 2.45) is 0 Å². The number of carbonyl (C=O) groups is 1. The van der Waals surface area contributed by atoms with E-state index in [1.54, 1.807) is 13.2 Å². The zero-order chi connectivity index (χ0) is 12.3. The molecule has 0 aliphatic carbocycles. The lowest BCUT2D eigenvalue weighted by Crippen LogP contribution is -2.39. The van der Waals surface area contributed by atoms with Crippen LogP contribution in [0.25, 0.3) is 0 Å². The van der Waals surface area contributed by atoms with Crippen molar-refractivity contribution < 1.29 is 13.9 Å². The van der Waals surface area contributed by atoms with Crippen LogP contribution in [-0.4, -0.2) is 32.7 Å². The highest BCUT2D eigenvalue weighted by Crippen LogP contribution is 2.29. The van der Waals surface area contributed by atoms with E-state index in [9.17, 15) is 9.18 Å². The van der Waals surface area contributed by atoms with E-state index in [2.05, 4.69) is 5.32 Å². The van der Waals surface area contributed by atoms with Gasteiger partial charge in [-0.2, -0.15) is 0 Å². The normalized spacial score (nSPS) is 14.5. The number of benzene rings is 1. The Morgan fingerprint density at radius 2 is 2.35 bits per heavy atom. The van der Waals surface area contributed by atoms with Crippen LogP contribution in [0.4, 0.5) is 15.8 Å². The van der Waals surface area contributed by atoms with Gasteiger partial charge in [0.05, 0.1) is 17.9 Å². The van der Waals surface area contributed by atoms with Crippen molar-refractivity contribution in [1.82, 2.24) is 0 Å². The van der Waals surface area contributed by atoms with Gasteiger partial charge in [0.2, 0.25) is 5.91 Å². The predicted octanol–water partition coefficient (Wildman–Crippen LogP) is 1.62. The first-order valence-corrected chi connectivity index (χ1v) is 5.54. The summed E-state index contributed by atoms with van der Waals surface area (Å²) in [6, 6.07) is 4.38. The first kappa shape index (κ1) is 11.9. The fraction of sp³-hybridized carbons (Fsp3) is 0.417. The minimum atomic E-state index is -0.295. The second kappa shape index (κ2) is 5.14. The van der Waals surface area contributed by atoms with Gasteiger partial charge in [-0.1, -0.05) is 0 Å². The summed E-state index contributed by atoms with van der Waals surface area (Å²) >= 11 is 0. The van der Waals surface area contributed by atoms with Crippen LogP contribution in [0, 0.1) is 5.82 Å². The van der Waals surface area contributed by atoms with Gasteiger partial charge in [0.1, 0.15) is 5.82 Å². The van der Waals surface area contributed by atoms with E-state index in [0.29, 0.717) is 18.8 Å². The van der Waals surface area contributed by atoms with Crippen molar-refractivity contribution in [2.75, 3.05) is 37.0 Å². The highest BCUT2D eigenvalue weighted by atomic mass is 19.1. The molecule has 0 fully saturated rings. The standard InChI is InChI=1S/C12H15FN2O2/c1-17-6-2-5-15-8-12(16)14-10-4-3-9(13)7-11(10)15/h3-4,7H,2,5-6,8H2,1H3,(H,14,16). The summed E-state index contributed by atoms with van der Waals surface area (Å²) in [5.74, 6) is -0.363. The van der Waals surface area contributed by atoms with Gasteiger partial charge in [-0.3, -0.25) is 4.79 Å². The lowest BCUT2D eigenvalue weighted by Gasteiger charge is -2.30. The molecule has 5 heteroatoms. The Hall–Kier alpha value is -1.62. The number of nitrogens with zero attached hydrogens (tertiary/aromatic N) is 1. The third kappa shape index (κ3) is 2.74. The predicted molar refractivity (Wildman–Crippen MR) is 63.7 cm³/mol. The van der Waals surface area contributed by atoms with Crippen LogP contribution in [0.2, 0.25) is 0 Å². The Bertz CT molecular complexity index is 423. The minimum Gasteiger partial charge on any atom is -0.385 e. The minimum absolute atomic E-state index is 0.0680. The number of hydrogen-bond acceptors (Lipinski definition) is 3. The van der Waals surface area contributed by atoms with Crippen LogP contribution in [0.1, 0.15) is 6.42 Å². The van der Waals surface area contributed by atoms with Gasteiger partial charge < -0.3 is 15.0 Å². The van der Waals surface area contributed by atoms with E-state index >= 15 is 0 Å². The number of fused-ring (bicyclic) bond motifs is 1. The molecule has 0 saturated heterocycles. The van der Waals surface area contributed by atoms with Gasteiger partial charge in [-0.05, 0) is 24.6 Å². The molecule has 0 spiro atoms. The molecular formula is C12H15FN2O2. The quantitative estimate of drug-likeness (QED) is 0.810. The van der Waals surface area contributed by atoms with E-state index in [-0.39, 0.29) is 18.3 Å². The van der Waals surface area contributed by atoms with Crippen molar-refractivity contribution in [1.29, 1.82) is 0 Å². The molecule has 1 N–H and O–H groups in total. The fourth-order valence-electron chi connectivity index (χ4n) is 1.92. The van der Waals surface area contributed by atoms with Gasteiger partial charge in [-0.15, -0.1) is 0 Å². The Balaban J connectivity index is 2.17. The van der Waals surface area contributed by atoms with Crippen molar-refractivity contribution in [3.8, 4) is 0 Å². The van der Waals surface area contributed by atoms with E-state index in [4.69, 9.17) is 4.74 Å². The molecule has 1 amide bonds. The number of rotatable bonds is 4. The molecule has 0 atom stereocenters. The van der Waals surface area contributed by atoms with Gasteiger partial charge in [0, 0.05) is 20.3 Å². The molecule has 1 heterocycles. The second-order valence-electron chi connectivity index (χ2n) is 3.98. The SMILES string of the molecule is COCCCN1CC(=O)Nc2ccc(F)cc21. The van der Waals surface area contributed by atoms with Crippen LogP contribution in [0.15, 0.2) is 18.2 Å². The number of hydrogen-bond donors (Lipinski definition) is 1. The molecule has 0 bridgehead atoms. The number of methoxy groups -OCH3 is 1. The number of anilines is 2. The van der Waals surface area contributed by atoms with E-state index in [0.717, 1.165) is 12.1 Å². The van der Waals surface area contributed by atoms with Gasteiger partial charge in [0.15, 0.2) is 0 Å². The van der Waals surface area contributed by atoms with Crippen molar-refractivity contribution in [2.45, 2.75) is 6.42 Å². The van der Waals surface area contributed by atoms with Gasteiger partial charge in [-0.25, -0.2) is 4.39 Å². The zero-order valence-corrected chi connectivity index (χ0v) is 9.70. The molecule has 1 aliphatic rings. The summed E-state index contributed by atoms with van der Waals surface area (Å²) in [4.78, 5) is 13.3. The number of ether oxygens (including phenoxy) is 1. The molecule has 0 unspecified atom stereocenters. The monoisotopic (exact) mass is 238 g/mol. The average molecular weight is 238 g/mol. The number of nitrogens with one attached hydrogen (secondary N) is 1. The fourth-order valence-corrected chi connectivity index (χ4v) is 1.92. The molecule has 0 radical (unpaired) electrons. The molecule has 2 rings (SSSR count). The molecule has 17 heavy (non-hydrogen) atoms. The summed E-state index contributed by atoms with van der Waals surface area (Å²) in [6.45, 7) is 1.57. The first-order chi connectivity index (χ1) is 8.20. The van der Waals surface area contributed by atoms with Crippen LogP contribution in [-0.2, 0) is 9.53 Å². The van der Waals surface area contributed by atoms with Crippen LogP contribution in [0.5, 0.6) is 0 Å². The van der Waals surface area contributed by atoms with Crippen molar-refractivity contribution in [3.63, 3.8) is 0 Å². The molecule has 0 aromatic heterocycles. The topological polar surface area (TPSA) is 41.6 Å². The Morgan fingerprint density at radius 3 is 3.12 bits per heavy atom. The van der Waals surface area contributed by atoms with E-state index in [1.807, 2.05) is 4.90 Å². The third-order valence-electron chi connectivity index (χ3n) is 2.69. The number of amides is 1. The largest absolute Gasteiger partial charge is 0.385 e. The summed E-state index contributed by atoms with van der Waals surface area (Å²) in [7, 11) is 1.64. The van der Waals surface area contributed by atoms with Crippen LogP contribution >= 0.6 is 0 Å². The van der Waals surface area contributed by atoms with Crippen molar-refractivity contribution in [3.05, 3.63) is 24.0 Å². The molecule has 1 aliphatic heterocycles. The smallest absolute Gasteiger partial charge is 0.243 e. The van der Waals surface area contributed by atoms with E-state index < -0.39 is 0 Å². The summed E-state index contributed by atoms with van der Waals surface area (Å²) < 4.78 is 18.2. The molecule has 92 valence electrons. The molecule has 4 nitrogen and oxygen atoms in total. The summed E-state index contributed by atoms with van der Waals surface area (Å²) in [5.41, 5.74) is 1.40. The highest BCUT2D eigenvalue weighted by molar-refractivity contribution is 6.01. The van der Waals surface area contributed by atoms with E-state index in [1.165, 1.54) is 12.1 Å². The molecule has 1 aromatic carbocycles.